The third-order valence-corrected chi connectivity index (χ3v) is 3.23. The highest BCUT2D eigenvalue weighted by atomic mass is 32.1. The molecule has 1 amide bonds. The van der Waals surface area contributed by atoms with Gasteiger partial charge < -0.3 is 0 Å². The van der Waals surface area contributed by atoms with Gasteiger partial charge in [0.05, 0.1) is 11.1 Å². The number of pyridine rings is 1. The first-order valence-corrected chi connectivity index (χ1v) is 6.27. The number of nitrogens with zero attached hydrogens (tertiary/aromatic N) is 2. The van der Waals surface area contributed by atoms with Crippen molar-refractivity contribution in [3.05, 3.63) is 53.7 Å². The Morgan fingerprint density at radius 3 is 2.83 bits per heavy atom. The summed E-state index contributed by atoms with van der Waals surface area (Å²) < 4.78 is 0. The van der Waals surface area contributed by atoms with Gasteiger partial charge in [0.15, 0.2) is 5.13 Å². The number of benzene rings is 1. The van der Waals surface area contributed by atoms with Crippen molar-refractivity contribution in [3.8, 4) is 0 Å². The first kappa shape index (κ1) is 10.9. The van der Waals surface area contributed by atoms with E-state index in [0.29, 0.717) is 10.7 Å². The second-order valence-electron chi connectivity index (χ2n) is 3.67. The number of anilines is 1. The zero-order valence-corrected chi connectivity index (χ0v) is 10.1. The molecule has 5 heteroatoms. The number of hydrogen-bond donors (Lipinski definition) is 1. The molecule has 3 rings (SSSR count). The highest BCUT2D eigenvalue weighted by Crippen LogP contribution is 2.18. The van der Waals surface area contributed by atoms with E-state index in [9.17, 15) is 4.79 Å². The average Bonchev–Trinajstić information content (AvgIpc) is 2.91. The molecule has 1 N–H and O–H groups in total. The normalized spacial score (nSPS) is 10.4. The Hall–Kier alpha value is -2.27. The monoisotopic (exact) mass is 255 g/mol. The first-order chi connectivity index (χ1) is 8.84. The van der Waals surface area contributed by atoms with E-state index in [1.54, 1.807) is 18.5 Å². The zero-order chi connectivity index (χ0) is 12.4. The fourth-order valence-corrected chi connectivity index (χ4v) is 2.27. The van der Waals surface area contributed by atoms with Gasteiger partial charge in [-0.15, -0.1) is 11.3 Å². The first-order valence-electron chi connectivity index (χ1n) is 5.39. The van der Waals surface area contributed by atoms with Gasteiger partial charge in [-0.2, -0.15) is 0 Å². The molecule has 0 unspecified atom stereocenters. The molecular weight excluding hydrogens is 246 g/mol. The molecule has 0 saturated carbocycles. The number of thiazole rings is 1. The Morgan fingerprint density at radius 1 is 1.11 bits per heavy atom. The number of para-hydroxylation sites is 1. The van der Waals surface area contributed by atoms with Crippen LogP contribution in [0.25, 0.3) is 10.9 Å². The van der Waals surface area contributed by atoms with Crippen LogP contribution in [0.5, 0.6) is 0 Å². The van der Waals surface area contributed by atoms with Crippen LogP contribution in [0.15, 0.2) is 48.1 Å². The molecule has 0 saturated heterocycles. The van der Waals surface area contributed by atoms with E-state index in [0.717, 1.165) is 10.9 Å². The number of carbonyl (C=O) groups excluding carboxylic acids is 1. The summed E-state index contributed by atoms with van der Waals surface area (Å²) in [4.78, 5) is 20.4. The fourth-order valence-electron chi connectivity index (χ4n) is 1.74. The van der Waals surface area contributed by atoms with E-state index in [-0.39, 0.29) is 5.91 Å². The largest absolute Gasteiger partial charge is 0.298 e. The summed E-state index contributed by atoms with van der Waals surface area (Å²) >= 11 is 1.39. The molecule has 2 heterocycles. The molecule has 0 atom stereocenters. The van der Waals surface area contributed by atoms with Crippen LogP contribution < -0.4 is 5.32 Å². The van der Waals surface area contributed by atoms with Gasteiger partial charge in [0.1, 0.15) is 0 Å². The molecule has 0 bridgehead atoms. The number of carbonyl (C=O) groups is 1. The van der Waals surface area contributed by atoms with Gasteiger partial charge in [-0.05, 0) is 12.1 Å². The molecule has 4 nitrogen and oxygen atoms in total. The number of fused-ring (bicyclic) bond motifs is 1. The number of hydrogen-bond acceptors (Lipinski definition) is 4. The van der Waals surface area contributed by atoms with Crippen molar-refractivity contribution in [1.29, 1.82) is 0 Å². The summed E-state index contributed by atoms with van der Waals surface area (Å²) in [5.41, 5.74) is 1.42. The molecule has 88 valence electrons. The van der Waals surface area contributed by atoms with Gasteiger partial charge >= 0.3 is 0 Å². The summed E-state index contributed by atoms with van der Waals surface area (Å²) in [6.45, 7) is 0. The van der Waals surface area contributed by atoms with Gasteiger partial charge in [0.25, 0.3) is 5.91 Å². The van der Waals surface area contributed by atoms with Gasteiger partial charge in [-0.25, -0.2) is 4.98 Å². The molecular formula is C13H9N3OS. The Morgan fingerprint density at radius 2 is 2.00 bits per heavy atom. The smallest absolute Gasteiger partial charge is 0.258 e. The SMILES string of the molecule is O=C(Nc1nccs1)c1ccnc2ccccc12. The molecule has 0 aliphatic rings. The van der Waals surface area contributed by atoms with E-state index in [1.165, 1.54) is 11.3 Å². The molecule has 18 heavy (non-hydrogen) atoms. The molecule has 0 aliphatic heterocycles. The lowest BCUT2D eigenvalue weighted by Gasteiger charge is -2.05. The Labute approximate surface area is 107 Å². The fraction of sp³-hybridized carbons (Fsp3) is 0. The molecule has 2 aromatic heterocycles. The summed E-state index contributed by atoms with van der Waals surface area (Å²) in [6, 6.07) is 9.28. The minimum Gasteiger partial charge on any atom is -0.298 e. The van der Waals surface area contributed by atoms with Crippen LogP contribution in [-0.4, -0.2) is 15.9 Å². The number of rotatable bonds is 2. The van der Waals surface area contributed by atoms with Crippen LogP contribution in [0.1, 0.15) is 10.4 Å². The van der Waals surface area contributed by atoms with Crippen molar-refractivity contribution in [2.24, 2.45) is 0 Å². The average molecular weight is 255 g/mol. The van der Waals surface area contributed by atoms with Gasteiger partial charge in [0, 0.05) is 23.2 Å². The van der Waals surface area contributed by atoms with Crippen LogP contribution in [0.2, 0.25) is 0 Å². The van der Waals surface area contributed by atoms with E-state index < -0.39 is 0 Å². The summed E-state index contributed by atoms with van der Waals surface area (Å²) in [5, 5.41) is 6.03. The number of aromatic nitrogens is 2. The van der Waals surface area contributed by atoms with Crippen LogP contribution in [-0.2, 0) is 0 Å². The second-order valence-corrected chi connectivity index (χ2v) is 4.56. The molecule has 1 aromatic carbocycles. The topological polar surface area (TPSA) is 54.9 Å². The third kappa shape index (κ3) is 1.96. The highest BCUT2D eigenvalue weighted by Gasteiger charge is 2.11. The van der Waals surface area contributed by atoms with Crippen molar-refractivity contribution in [3.63, 3.8) is 0 Å². The standard InChI is InChI=1S/C13H9N3OS/c17-12(16-13-15-7-8-18-13)10-5-6-14-11-4-2-1-3-9(10)11/h1-8H,(H,15,16,17). The Balaban J connectivity index is 2.01. The number of nitrogens with one attached hydrogen (secondary N) is 1. The summed E-state index contributed by atoms with van der Waals surface area (Å²) in [6.07, 6.45) is 3.30. The second kappa shape index (κ2) is 4.54. The maximum atomic E-state index is 12.2. The minimum absolute atomic E-state index is 0.163. The van der Waals surface area contributed by atoms with Crippen LogP contribution >= 0.6 is 11.3 Å². The van der Waals surface area contributed by atoms with Crippen LogP contribution in [0.4, 0.5) is 5.13 Å². The molecule has 3 aromatic rings. The lowest BCUT2D eigenvalue weighted by molar-refractivity contribution is 0.102. The zero-order valence-electron chi connectivity index (χ0n) is 9.33. The van der Waals surface area contributed by atoms with Crippen molar-refractivity contribution in [1.82, 2.24) is 9.97 Å². The molecule has 0 radical (unpaired) electrons. The van der Waals surface area contributed by atoms with E-state index in [2.05, 4.69) is 15.3 Å². The van der Waals surface area contributed by atoms with Crippen LogP contribution in [0, 0.1) is 0 Å². The molecule has 0 fully saturated rings. The van der Waals surface area contributed by atoms with Crippen LogP contribution in [0.3, 0.4) is 0 Å². The third-order valence-electron chi connectivity index (χ3n) is 2.55. The van der Waals surface area contributed by atoms with Crippen molar-refractivity contribution in [2.75, 3.05) is 5.32 Å². The summed E-state index contributed by atoms with van der Waals surface area (Å²) in [7, 11) is 0. The maximum absolute atomic E-state index is 12.2. The van der Waals surface area contributed by atoms with Crippen molar-refractivity contribution in [2.45, 2.75) is 0 Å². The van der Waals surface area contributed by atoms with Gasteiger partial charge in [0.2, 0.25) is 0 Å². The Bertz CT molecular complexity index is 689. The lowest BCUT2D eigenvalue weighted by Crippen LogP contribution is -2.12. The minimum atomic E-state index is -0.163. The summed E-state index contributed by atoms with van der Waals surface area (Å²) in [5.74, 6) is -0.163. The van der Waals surface area contributed by atoms with Crippen molar-refractivity contribution < 1.29 is 4.79 Å². The van der Waals surface area contributed by atoms with E-state index in [1.807, 2.05) is 29.6 Å². The maximum Gasteiger partial charge on any atom is 0.258 e. The van der Waals surface area contributed by atoms with Gasteiger partial charge in [-0.1, -0.05) is 18.2 Å². The predicted molar refractivity (Wildman–Crippen MR) is 71.8 cm³/mol. The van der Waals surface area contributed by atoms with E-state index >= 15 is 0 Å². The number of amides is 1. The quantitative estimate of drug-likeness (QED) is 0.766. The predicted octanol–water partition coefficient (Wildman–Crippen LogP) is 2.94. The van der Waals surface area contributed by atoms with Crippen molar-refractivity contribution >= 4 is 33.3 Å². The molecule has 0 aliphatic carbocycles. The lowest BCUT2D eigenvalue weighted by atomic mass is 10.1. The van der Waals surface area contributed by atoms with Gasteiger partial charge in [-0.3, -0.25) is 15.1 Å². The van der Waals surface area contributed by atoms with E-state index in [4.69, 9.17) is 0 Å². The molecule has 0 spiro atoms. The Kier molecular flexibility index (Phi) is 2.74. The highest BCUT2D eigenvalue weighted by molar-refractivity contribution is 7.13.